The van der Waals surface area contributed by atoms with Gasteiger partial charge in [0.1, 0.15) is 5.75 Å². The zero-order chi connectivity index (χ0) is 14.4. The van der Waals surface area contributed by atoms with Crippen LogP contribution in [-0.2, 0) is 16.5 Å². The maximum atomic E-state index is 10.2. The van der Waals surface area contributed by atoms with Crippen LogP contribution in [0.25, 0.3) is 16.5 Å². The van der Waals surface area contributed by atoms with Crippen LogP contribution < -0.4 is 0 Å². The number of phenolic OH excluding ortho intramolecular Hbond substituents is 1. The molecule has 1 aliphatic carbocycles. The summed E-state index contributed by atoms with van der Waals surface area (Å²) in [5.41, 5.74) is 3.45. The van der Waals surface area contributed by atoms with Gasteiger partial charge in [0, 0.05) is 37.0 Å². The van der Waals surface area contributed by atoms with Gasteiger partial charge in [-0.05, 0) is 24.1 Å². The zero-order valence-corrected chi connectivity index (χ0v) is 12.1. The molecule has 0 radical (unpaired) electrons. The summed E-state index contributed by atoms with van der Waals surface area (Å²) >= 11 is 0. The van der Waals surface area contributed by atoms with E-state index in [0.29, 0.717) is 19.0 Å². The van der Waals surface area contributed by atoms with Crippen LogP contribution in [0.15, 0.2) is 30.5 Å². The van der Waals surface area contributed by atoms with Gasteiger partial charge in [-0.1, -0.05) is 12.1 Å². The lowest BCUT2D eigenvalue weighted by molar-refractivity contribution is -0.159. The second-order valence-electron chi connectivity index (χ2n) is 5.87. The van der Waals surface area contributed by atoms with Crippen LogP contribution in [0.3, 0.4) is 0 Å². The van der Waals surface area contributed by atoms with Crippen molar-refractivity contribution in [1.82, 2.24) is 4.57 Å². The van der Waals surface area contributed by atoms with Gasteiger partial charge in [0.05, 0.1) is 18.7 Å². The molecule has 1 spiro atoms. The van der Waals surface area contributed by atoms with Crippen LogP contribution >= 0.6 is 0 Å². The van der Waals surface area contributed by atoms with E-state index in [1.165, 1.54) is 5.57 Å². The number of hydrogen-bond donors (Lipinski definition) is 1. The van der Waals surface area contributed by atoms with E-state index in [9.17, 15) is 5.11 Å². The first-order chi connectivity index (χ1) is 10.2. The van der Waals surface area contributed by atoms with E-state index in [4.69, 9.17) is 9.47 Å². The fraction of sp³-hybridized carbons (Fsp3) is 0.412. The van der Waals surface area contributed by atoms with Gasteiger partial charge in [0.2, 0.25) is 0 Å². The number of rotatable bonds is 1. The number of aromatic hydroxyl groups is 1. The van der Waals surface area contributed by atoms with E-state index < -0.39 is 5.79 Å². The quantitative estimate of drug-likeness (QED) is 0.875. The maximum Gasteiger partial charge on any atom is 0.172 e. The summed E-state index contributed by atoms with van der Waals surface area (Å²) in [7, 11) is 2.01. The van der Waals surface area contributed by atoms with Gasteiger partial charge >= 0.3 is 0 Å². The Bertz CT molecular complexity index is 723. The highest BCUT2D eigenvalue weighted by atomic mass is 16.7. The fourth-order valence-electron chi connectivity index (χ4n) is 3.48. The molecule has 0 atom stereocenters. The SMILES string of the molecule is Cn1cc(C2=CCC3(CC2)OCCO3)c2c(O)cccc21. The summed E-state index contributed by atoms with van der Waals surface area (Å²) < 4.78 is 13.6. The molecule has 0 amide bonds. The van der Waals surface area contributed by atoms with Crippen molar-refractivity contribution in [3.8, 4) is 5.75 Å². The average molecular weight is 285 g/mol. The largest absolute Gasteiger partial charge is 0.507 e. The average Bonchev–Trinajstić information content (AvgIpc) is 3.07. The van der Waals surface area contributed by atoms with E-state index >= 15 is 0 Å². The van der Waals surface area contributed by atoms with E-state index in [-0.39, 0.29) is 0 Å². The summed E-state index contributed by atoms with van der Waals surface area (Å²) in [4.78, 5) is 0. The summed E-state index contributed by atoms with van der Waals surface area (Å²) in [6, 6.07) is 5.67. The van der Waals surface area contributed by atoms with Crippen molar-refractivity contribution < 1.29 is 14.6 Å². The van der Waals surface area contributed by atoms with Gasteiger partial charge in [0.15, 0.2) is 5.79 Å². The molecular formula is C17H19NO3. The van der Waals surface area contributed by atoms with Crippen molar-refractivity contribution >= 4 is 16.5 Å². The monoisotopic (exact) mass is 285 g/mol. The van der Waals surface area contributed by atoms with Crippen molar-refractivity contribution in [3.63, 3.8) is 0 Å². The molecule has 110 valence electrons. The number of allylic oxidation sites excluding steroid dienone is 1. The molecule has 4 heteroatoms. The van der Waals surface area contributed by atoms with Gasteiger partial charge < -0.3 is 19.1 Å². The first-order valence-electron chi connectivity index (χ1n) is 7.43. The van der Waals surface area contributed by atoms with Crippen molar-refractivity contribution in [2.24, 2.45) is 7.05 Å². The highest BCUT2D eigenvalue weighted by Crippen LogP contribution is 2.41. The van der Waals surface area contributed by atoms with Gasteiger partial charge in [-0.15, -0.1) is 0 Å². The third-order valence-electron chi connectivity index (χ3n) is 4.59. The second-order valence-corrected chi connectivity index (χ2v) is 5.87. The van der Waals surface area contributed by atoms with E-state index in [0.717, 1.165) is 35.7 Å². The first-order valence-corrected chi connectivity index (χ1v) is 7.43. The Morgan fingerprint density at radius 2 is 2.05 bits per heavy atom. The Morgan fingerprint density at radius 3 is 2.76 bits per heavy atom. The van der Waals surface area contributed by atoms with Crippen molar-refractivity contribution in [2.75, 3.05) is 13.2 Å². The molecule has 21 heavy (non-hydrogen) atoms. The summed E-state index contributed by atoms with van der Waals surface area (Å²) in [5, 5.41) is 11.2. The van der Waals surface area contributed by atoms with Crippen molar-refractivity contribution in [2.45, 2.75) is 25.0 Å². The lowest BCUT2D eigenvalue weighted by Crippen LogP contribution is -2.31. The predicted molar refractivity (Wildman–Crippen MR) is 81.0 cm³/mol. The minimum Gasteiger partial charge on any atom is -0.507 e. The van der Waals surface area contributed by atoms with Crippen LogP contribution in [0.4, 0.5) is 0 Å². The molecule has 1 aromatic heterocycles. The van der Waals surface area contributed by atoms with Gasteiger partial charge in [-0.3, -0.25) is 0 Å². The molecule has 2 aromatic rings. The fourth-order valence-corrected chi connectivity index (χ4v) is 3.48. The molecule has 0 saturated carbocycles. The number of phenols is 1. The first kappa shape index (κ1) is 12.9. The van der Waals surface area contributed by atoms with Gasteiger partial charge in [-0.25, -0.2) is 0 Å². The highest BCUT2D eigenvalue weighted by molar-refractivity contribution is 5.97. The molecule has 2 aliphatic rings. The number of nitrogens with zero attached hydrogens (tertiary/aromatic N) is 1. The third kappa shape index (κ3) is 1.98. The van der Waals surface area contributed by atoms with Crippen LogP contribution in [-0.4, -0.2) is 28.7 Å². The van der Waals surface area contributed by atoms with Crippen LogP contribution in [0.2, 0.25) is 0 Å². The van der Waals surface area contributed by atoms with E-state index in [1.54, 1.807) is 6.07 Å². The maximum absolute atomic E-state index is 10.2. The molecule has 4 nitrogen and oxygen atoms in total. The van der Waals surface area contributed by atoms with Crippen molar-refractivity contribution in [1.29, 1.82) is 0 Å². The molecule has 2 heterocycles. The Morgan fingerprint density at radius 1 is 1.24 bits per heavy atom. The standard InChI is InChI=1S/C17H19NO3/c1-18-11-13(16-14(18)3-2-4-15(16)19)12-5-7-17(8-6-12)20-9-10-21-17/h2-5,11,19H,6-10H2,1H3. The number of fused-ring (bicyclic) bond motifs is 1. The topological polar surface area (TPSA) is 43.6 Å². The second kappa shape index (κ2) is 4.61. The summed E-state index contributed by atoms with van der Waals surface area (Å²) in [5.74, 6) is -0.0477. The Labute approximate surface area is 123 Å². The minimum atomic E-state index is -0.393. The predicted octanol–water partition coefficient (Wildman–Crippen LogP) is 3.19. The van der Waals surface area contributed by atoms with Crippen LogP contribution in [0.5, 0.6) is 5.75 Å². The minimum absolute atomic E-state index is 0.345. The molecule has 1 aromatic carbocycles. The number of benzene rings is 1. The zero-order valence-electron chi connectivity index (χ0n) is 12.1. The van der Waals surface area contributed by atoms with Gasteiger partial charge in [-0.2, -0.15) is 0 Å². The lowest BCUT2D eigenvalue weighted by Gasteiger charge is -2.30. The Kier molecular flexibility index (Phi) is 2.84. The number of ether oxygens (including phenoxy) is 2. The molecule has 0 bridgehead atoms. The number of hydrogen-bond acceptors (Lipinski definition) is 3. The van der Waals surface area contributed by atoms with Crippen molar-refractivity contribution in [3.05, 3.63) is 36.0 Å². The molecule has 1 saturated heterocycles. The summed E-state index contributed by atoms with van der Waals surface area (Å²) in [6.07, 6.45) is 6.88. The molecular weight excluding hydrogens is 266 g/mol. The molecule has 4 rings (SSSR count). The number of aryl methyl sites for hydroxylation is 1. The highest BCUT2D eigenvalue weighted by Gasteiger charge is 2.38. The third-order valence-corrected chi connectivity index (χ3v) is 4.59. The Hall–Kier alpha value is -1.78. The Balaban J connectivity index is 1.76. The number of aromatic nitrogens is 1. The van der Waals surface area contributed by atoms with E-state index in [2.05, 4.69) is 16.8 Å². The van der Waals surface area contributed by atoms with Crippen LogP contribution in [0, 0.1) is 0 Å². The molecule has 1 N–H and O–H groups in total. The molecule has 0 unspecified atom stereocenters. The molecule has 1 fully saturated rings. The van der Waals surface area contributed by atoms with E-state index in [1.807, 2.05) is 19.2 Å². The molecule has 1 aliphatic heterocycles. The smallest absolute Gasteiger partial charge is 0.172 e. The van der Waals surface area contributed by atoms with Gasteiger partial charge in [0.25, 0.3) is 0 Å². The normalized spacial score (nSPS) is 21.1. The summed E-state index contributed by atoms with van der Waals surface area (Å²) in [6.45, 7) is 1.39. The van der Waals surface area contributed by atoms with Crippen LogP contribution in [0.1, 0.15) is 24.8 Å². The lowest BCUT2D eigenvalue weighted by atomic mass is 9.89.